The predicted octanol–water partition coefficient (Wildman–Crippen LogP) is 1.91. The maximum Gasteiger partial charge on any atom is 0.310 e. The van der Waals surface area contributed by atoms with Gasteiger partial charge >= 0.3 is 5.97 Å². The number of nitro groups is 1. The highest BCUT2D eigenvalue weighted by molar-refractivity contribution is 5.73. The van der Waals surface area contributed by atoms with Crippen molar-refractivity contribution in [3.63, 3.8) is 0 Å². The van der Waals surface area contributed by atoms with E-state index in [1.54, 1.807) is 12.2 Å². The van der Waals surface area contributed by atoms with Gasteiger partial charge in [-0.15, -0.1) is 0 Å². The molecule has 0 fully saturated rings. The van der Waals surface area contributed by atoms with Gasteiger partial charge in [0.2, 0.25) is 0 Å². The molecule has 0 bridgehead atoms. The zero-order valence-corrected chi connectivity index (χ0v) is 10.3. The SMILES string of the molecule is N#Cc1ccc([N+](=O)[O-])c(NC2C=CC(C(=O)O)C2)c1. The first-order chi connectivity index (χ1) is 9.51. The number of nitro benzene ring substituents is 1. The van der Waals surface area contributed by atoms with E-state index in [0.717, 1.165) is 0 Å². The lowest BCUT2D eigenvalue weighted by Gasteiger charge is -2.13. The summed E-state index contributed by atoms with van der Waals surface area (Å²) in [6, 6.07) is 5.62. The summed E-state index contributed by atoms with van der Waals surface area (Å²) < 4.78 is 0. The molecule has 2 rings (SSSR count). The van der Waals surface area contributed by atoms with Gasteiger partial charge in [0, 0.05) is 12.1 Å². The number of carboxylic acid groups (broad SMARTS) is 1. The molecule has 0 radical (unpaired) electrons. The Morgan fingerprint density at radius 1 is 1.50 bits per heavy atom. The third kappa shape index (κ3) is 2.75. The molecule has 2 atom stereocenters. The molecule has 1 aromatic carbocycles. The predicted molar refractivity (Wildman–Crippen MR) is 70.1 cm³/mol. The molecular weight excluding hydrogens is 262 g/mol. The number of carboxylic acids is 1. The third-order valence-corrected chi connectivity index (χ3v) is 3.06. The highest BCUT2D eigenvalue weighted by Gasteiger charge is 2.26. The van der Waals surface area contributed by atoms with E-state index in [4.69, 9.17) is 10.4 Å². The van der Waals surface area contributed by atoms with Gasteiger partial charge in [-0.25, -0.2) is 0 Å². The zero-order chi connectivity index (χ0) is 14.7. The minimum absolute atomic E-state index is 0.142. The van der Waals surface area contributed by atoms with Crippen molar-refractivity contribution in [2.75, 3.05) is 5.32 Å². The lowest BCUT2D eigenvalue weighted by atomic mass is 10.1. The highest BCUT2D eigenvalue weighted by atomic mass is 16.6. The van der Waals surface area contributed by atoms with Crippen molar-refractivity contribution < 1.29 is 14.8 Å². The van der Waals surface area contributed by atoms with Crippen LogP contribution in [0.4, 0.5) is 11.4 Å². The second-order valence-corrected chi connectivity index (χ2v) is 4.42. The van der Waals surface area contributed by atoms with Crippen molar-refractivity contribution in [1.29, 1.82) is 5.26 Å². The number of nitrogens with one attached hydrogen (secondary N) is 1. The Morgan fingerprint density at radius 2 is 2.25 bits per heavy atom. The molecule has 20 heavy (non-hydrogen) atoms. The van der Waals surface area contributed by atoms with E-state index < -0.39 is 16.8 Å². The summed E-state index contributed by atoms with van der Waals surface area (Å²) in [5.41, 5.74) is 0.376. The van der Waals surface area contributed by atoms with Crippen LogP contribution in [0.5, 0.6) is 0 Å². The molecule has 0 spiro atoms. The first kappa shape index (κ1) is 13.5. The molecule has 0 aromatic heterocycles. The monoisotopic (exact) mass is 273 g/mol. The van der Waals surface area contributed by atoms with Gasteiger partial charge in [-0.3, -0.25) is 14.9 Å². The van der Waals surface area contributed by atoms with Crippen LogP contribution in [-0.4, -0.2) is 22.0 Å². The van der Waals surface area contributed by atoms with E-state index in [0.29, 0.717) is 12.0 Å². The number of nitrogens with zero attached hydrogens (tertiary/aromatic N) is 2. The van der Waals surface area contributed by atoms with Gasteiger partial charge in [0.15, 0.2) is 0 Å². The topological polar surface area (TPSA) is 116 Å². The molecule has 1 aromatic rings. The largest absolute Gasteiger partial charge is 0.481 e. The molecule has 0 saturated carbocycles. The third-order valence-electron chi connectivity index (χ3n) is 3.06. The van der Waals surface area contributed by atoms with Gasteiger partial charge in [0.05, 0.1) is 22.5 Å². The van der Waals surface area contributed by atoms with Crippen molar-refractivity contribution in [2.45, 2.75) is 12.5 Å². The average Bonchev–Trinajstić information content (AvgIpc) is 2.87. The van der Waals surface area contributed by atoms with Crippen LogP contribution >= 0.6 is 0 Å². The molecule has 7 nitrogen and oxygen atoms in total. The number of aliphatic carboxylic acids is 1. The zero-order valence-electron chi connectivity index (χ0n) is 10.3. The lowest BCUT2D eigenvalue weighted by molar-refractivity contribution is -0.384. The number of hydrogen-bond donors (Lipinski definition) is 2. The van der Waals surface area contributed by atoms with Crippen LogP contribution in [0.15, 0.2) is 30.4 Å². The second kappa shape index (κ2) is 5.40. The van der Waals surface area contributed by atoms with Gasteiger partial charge in [0.25, 0.3) is 5.69 Å². The van der Waals surface area contributed by atoms with Gasteiger partial charge in [0.1, 0.15) is 5.69 Å². The lowest BCUT2D eigenvalue weighted by Crippen LogP contribution is -2.19. The summed E-state index contributed by atoms with van der Waals surface area (Å²) in [5.74, 6) is -1.52. The second-order valence-electron chi connectivity index (χ2n) is 4.42. The summed E-state index contributed by atoms with van der Waals surface area (Å²) in [5, 5.41) is 31.6. The van der Waals surface area contributed by atoms with Crippen LogP contribution in [0.2, 0.25) is 0 Å². The summed E-state index contributed by atoms with van der Waals surface area (Å²) in [6.45, 7) is 0. The molecule has 102 valence electrons. The molecule has 1 aliphatic rings. The Labute approximate surface area is 114 Å². The van der Waals surface area contributed by atoms with Crippen molar-refractivity contribution in [3.8, 4) is 6.07 Å². The smallest absolute Gasteiger partial charge is 0.310 e. The minimum Gasteiger partial charge on any atom is -0.481 e. The molecular formula is C13H11N3O4. The molecule has 7 heteroatoms. The molecule has 1 aliphatic carbocycles. The van der Waals surface area contributed by atoms with Crippen LogP contribution < -0.4 is 5.32 Å². The van der Waals surface area contributed by atoms with Gasteiger partial charge in [-0.05, 0) is 18.6 Å². The van der Waals surface area contributed by atoms with Crippen LogP contribution in [-0.2, 0) is 4.79 Å². The number of rotatable bonds is 4. The van der Waals surface area contributed by atoms with Crippen molar-refractivity contribution in [3.05, 3.63) is 46.0 Å². The van der Waals surface area contributed by atoms with Crippen LogP contribution in [0.1, 0.15) is 12.0 Å². The van der Waals surface area contributed by atoms with Crippen LogP contribution in [0.3, 0.4) is 0 Å². The number of hydrogen-bond acceptors (Lipinski definition) is 5. The summed E-state index contributed by atoms with van der Waals surface area (Å²) in [6.07, 6.45) is 3.55. The van der Waals surface area contributed by atoms with E-state index in [-0.39, 0.29) is 17.4 Å². The Balaban J connectivity index is 2.21. The maximum atomic E-state index is 10.9. The fraction of sp³-hybridized carbons (Fsp3) is 0.231. The molecule has 0 amide bonds. The van der Waals surface area contributed by atoms with Crippen LogP contribution in [0, 0.1) is 27.4 Å². The fourth-order valence-electron chi connectivity index (χ4n) is 2.07. The number of nitriles is 1. The molecule has 0 saturated heterocycles. The minimum atomic E-state index is -0.925. The van der Waals surface area contributed by atoms with Gasteiger partial charge < -0.3 is 10.4 Å². The fourth-order valence-corrected chi connectivity index (χ4v) is 2.07. The first-order valence-electron chi connectivity index (χ1n) is 5.87. The van der Waals surface area contributed by atoms with Crippen molar-refractivity contribution >= 4 is 17.3 Å². The van der Waals surface area contributed by atoms with E-state index >= 15 is 0 Å². The van der Waals surface area contributed by atoms with E-state index in [9.17, 15) is 14.9 Å². The van der Waals surface area contributed by atoms with Crippen molar-refractivity contribution in [1.82, 2.24) is 0 Å². The standard InChI is InChI=1S/C13H11N3O4/c14-7-8-1-4-12(16(19)20)11(5-8)15-10-3-2-9(6-10)13(17)18/h1-5,9-10,15H,6H2,(H,17,18). The molecule has 0 heterocycles. The summed E-state index contributed by atoms with van der Waals surface area (Å²) in [4.78, 5) is 21.2. The van der Waals surface area contributed by atoms with Gasteiger partial charge in [-0.1, -0.05) is 12.2 Å². The Morgan fingerprint density at radius 3 is 2.80 bits per heavy atom. The Bertz CT molecular complexity index is 633. The van der Waals surface area contributed by atoms with Crippen molar-refractivity contribution in [2.24, 2.45) is 5.92 Å². The Hall–Kier alpha value is -2.88. The van der Waals surface area contributed by atoms with E-state index in [2.05, 4.69) is 5.32 Å². The molecule has 2 N–H and O–H groups in total. The molecule has 0 aliphatic heterocycles. The highest BCUT2D eigenvalue weighted by Crippen LogP contribution is 2.29. The number of benzene rings is 1. The number of carbonyl (C=O) groups is 1. The van der Waals surface area contributed by atoms with E-state index in [1.165, 1.54) is 18.2 Å². The van der Waals surface area contributed by atoms with Crippen LogP contribution in [0.25, 0.3) is 0 Å². The summed E-state index contributed by atoms with van der Waals surface area (Å²) in [7, 11) is 0. The normalized spacial score (nSPS) is 20.4. The first-order valence-corrected chi connectivity index (χ1v) is 5.87. The average molecular weight is 273 g/mol. The maximum absolute atomic E-state index is 10.9. The van der Waals surface area contributed by atoms with E-state index in [1.807, 2.05) is 6.07 Å². The number of anilines is 1. The summed E-state index contributed by atoms with van der Waals surface area (Å²) >= 11 is 0. The Kier molecular flexibility index (Phi) is 3.66. The molecule has 2 unspecified atom stereocenters. The van der Waals surface area contributed by atoms with Gasteiger partial charge in [-0.2, -0.15) is 5.26 Å². The quantitative estimate of drug-likeness (QED) is 0.491.